The van der Waals surface area contributed by atoms with E-state index in [1.54, 1.807) is 0 Å². The molecule has 1 heteroatoms. The first-order chi connectivity index (χ1) is 14.1. The van der Waals surface area contributed by atoms with Gasteiger partial charge in [-0.3, -0.25) is 0 Å². The third kappa shape index (κ3) is 16.3. The Labute approximate surface area is 186 Å². The number of hydrogen-bond acceptors (Lipinski definition) is 1. The molecule has 1 atom stereocenters. The van der Waals surface area contributed by atoms with E-state index < -0.39 is 0 Å². The highest BCUT2D eigenvalue weighted by molar-refractivity contribution is 4.91. The third-order valence-corrected chi connectivity index (χ3v) is 7.10. The van der Waals surface area contributed by atoms with Crippen molar-refractivity contribution < 1.29 is 0 Å². The van der Waals surface area contributed by atoms with Crippen molar-refractivity contribution in [2.75, 3.05) is 0 Å². The Morgan fingerprint density at radius 1 is 0.448 bits per heavy atom. The largest absolute Gasteiger partial charge is 0.325 e. The van der Waals surface area contributed by atoms with Gasteiger partial charge in [0.25, 0.3) is 0 Å². The zero-order valence-electron chi connectivity index (χ0n) is 21.2. The summed E-state index contributed by atoms with van der Waals surface area (Å²) in [6.07, 6.45) is 30.4. The van der Waals surface area contributed by atoms with E-state index >= 15 is 0 Å². The van der Waals surface area contributed by atoms with E-state index in [-0.39, 0.29) is 5.54 Å². The van der Waals surface area contributed by atoms with E-state index in [1.807, 2.05) is 0 Å². The molecule has 0 aliphatic heterocycles. The summed E-state index contributed by atoms with van der Waals surface area (Å²) in [5, 5.41) is 0. The van der Waals surface area contributed by atoms with E-state index in [0.29, 0.717) is 0 Å². The van der Waals surface area contributed by atoms with Gasteiger partial charge >= 0.3 is 0 Å². The molecular formula is C28H59N. The Morgan fingerprint density at radius 3 is 1.21 bits per heavy atom. The van der Waals surface area contributed by atoms with Gasteiger partial charge in [-0.25, -0.2) is 0 Å². The predicted molar refractivity (Wildman–Crippen MR) is 135 cm³/mol. The molecule has 29 heavy (non-hydrogen) atoms. The van der Waals surface area contributed by atoms with Gasteiger partial charge in [-0.2, -0.15) is 0 Å². The van der Waals surface area contributed by atoms with Gasteiger partial charge in [0.1, 0.15) is 0 Å². The molecule has 2 N–H and O–H groups in total. The number of unbranched alkanes of at least 4 members (excludes halogenated alkanes) is 14. The second kappa shape index (κ2) is 21.2. The average Bonchev–Trinajstić information content (AvgIpc) is 2.73. The van der Waals surface area contributed by atoms with E-state index in [2.05, 4.69) is 27.7 Å². The van der Waals surface area contributed by atoms with Crippen LogP contribution in [0, 0.1) is 5.92 Å². The molecule has 0 rings (SSSR count). The predicted octanol–water partition coefficient (Wildman–Crippen LogP) is 9.96. The summed E-state index contributed by atoms with van der Waals surface area (Å²) in [4.78, 5) is 0. The highest BCUT2D eigenvalue weighted by Crippen LogP contribution is 2.34. The van der Waals surface area contributed by atoms with Crippen LogP contribution in [0.2, 0.25) is 0 Å². The minimum absolute atomic E-state index is 0.110. The molecule has 0 aliphatic rings. The second-order valence-electron chi connectivity index (χ2n) is 9.96. The molecule has 1 unspecified atom stereocenters. The van der Waals surface area contributed by atoms with Crippen LogP contribution in [0.1, 0.15) is 169 Å². The second-order valence-corrected chi connectivity index (χ2v) is 9.96. The third-order valence-electron chi connectivity index (χ3n) is 7.10. The van der Waals surface area contributed by atoms with Crippen molar-refractivity contribution in [2.24, 2.45) is 11.7 Å². The summed E-state index contributed by atoms with van der Waals surface area (Å²) >= 11 is 0. The van der Waals surface area contributed by atoms with Crippen molar-refractivity contribution in [3.63, 3.8) is 0 Å². The van der Waals surface area contributed by atoms with Crippen molar-refractivity contribution in [3.05, 3.63) is 0 Å². The topological polar surface area (TPSA) is 26.0 Å². The van der Waals surface area contributed by atoms with Gasteiger partial charge in [0, 0.05) is 5.54 Å². The van der Waals surface area contributed by atoms with Crippen LogP contribution in [0.25, 0.3) is 0 Å². The molecule has 0 bridgehead atoms. The first kappa shape index (κ1) is 29.0. The van der Waals surface area contributed by atoms with Crippen LogP contribution in [0.15, 0.2) is 0 Å². The molecular weight excluding hydrogens is 350 g/mol. The summed E-state index contributed by atoms with van der Waals surface area (Å²) in [5.74, 6) is 0.748. The lowest BCUT2D eigenvalue weighted by molar-refractivity contribution is 0.195. The Hall–Kier alpha value is -0.0400. The van der Waals surface area contributed by atoms with Gasteiger partial charge in [0.2, 0.25) is 0 Å². The molecule has 0 radical (unpaired) electrons. The van der Waals surface area contributed by atoms with Gasteiger partial charge in [0.15, 0.2) is 0 Å². The van der Waals surface area contributed by atoms with E-state index in [1.165, 1.54) is 141 Å². The van der Waals surface area contributed by atoms with Crippen molar-refractivity contribution in [1.82, 2.24) is 0 Å². The molecule has 0 saturated carbocycles. The maximum atomic E-state index is 7.05. The van der Waals surface area contributed by atoms with Crippen LogP contribution in [0.4, 0.5) is 0 Å². The molecule has 0 fully saturated rings. The lowest BCUT2D eigenvalue weighted by atomic mass is 9.72. The molecule has 0 aliphatic carbocycles. The van der Waals surface area contributed by atoms with E-state index in [0.717, 1.165) is 5.92 Å². The van der Waals surface area contributed by atoms with Crippen LogP contribution >= 0.6 is 0 Å². The van der Waals surface area contributed by atoms with Crippen molar-refractivity contribution >= 4 is 0 Å². The quantitative estimate of drug-likeness (QED) is 0.167. The van der Waals surface area contributed by atoms with E-state index in [9.17, 15) is 0 Å². The highest BCUT2D eigenvalue weighted by atomic mass is 14.8. The molecule has 0 aromatic heterocycles. The van der Waals surface area contributed by atoms with Crippen molar-refractivity contribution in [1.29, 1.82) is 0 Å². The molecule has 1 nitrogen and oxygen atoms in total. The van der Waals surface area contributed by atoms with Gasteiger partial charge in [-0.1, -0.05) is 143 Å². The lowest BCUT2D eigenvalue weighted by Crippen LogP contribution is -2.47. The molecule has 0 amide bonds. The zero-order chi connectivity index (χ0) is 21.6. The molecule has 0 aromatic carbocycles. The maximum Gasteiger partial charge on any atom is 0.0182 e. The van der Waals surface area contributed by atoms with Crippen LogP contribution in [-0.2, 0) is 0 Å². The average molecular weight is 410 g/mol. The summed E-state index contributed by atoms with van der Waals surface area (Å²) in [5.41, 5.74) is 7.16. The zero-order valence-corrected chi connectivity index (χ0v) is 21.2. The highest BCUT2D eigenvalue weighted by Gasteiger charge is 2.32. The Bertz CT molecular complexity index is 303. The summed E-state index contributed by atoms with van der Waals surface area (Å²) in [7, 11) is 0. The van der Waals surface area contributed by atoms with Crippen LogP contribution in [0.5, 0.6) is 0 Å². The minimum Gasteiger partial charge on any atom is -0.325 e. The molecule has 0 spiro atoms. The fraction of sp³-hybridized carbons (Fsp3) is 1.00. The standard InChI is InChI=1S/C28H59N/c1-5-9-12-13-14-15-16-17-18-19-20-21-22-24-27(23-8-4)28(29,25-10-6-2)26-11-7-3/h27H,5-26,29H2,1-4H3. The first-order valence-electron chi connectivity index (χ1n) is 13.9. The number of nitrogens with two attached hydrogens (primary N) is 1. The molecule has 176 valence electrons. The Kier molecular flexibility index (Phi) is 21.2. The monoisotopic (exact) mass is 409 g/mol. The van der Waals surface area contributed by atoms with Gasteiger partial charge < -0.3 is 5.73 Å². The maximum absolute atomic E-state index is 7.05. The number of hydrogen-bond donors (Lipinski definition) is 1. The van der Waals surface area contributed by atoms with Gasteiger partial charge in [-0.15, -0.1) is 0 Å². The fourth-order valence-electron chi connectivity index (χ4n) is 5.02. The van der Waals surface area contributed by atoms with Crippen LogP contribution in [-0.4, -0.2) is 5.54 Å². The van der Waals surface area contributed by atoms with Crippen LogP contribution in [0.3, 0.4) is 0 Å². The summed E-state index contributed by atoms with van der Waals surface area (Å²) in [6.45, 7) is 9.26. The normalized spacial score (nSPS) is 13.1. The molecule has 0 aromatic rings. The van der Waals surface area contributed by atoms with Crippen molar-refractivity contribution in [3.8, 4) is 0 Å². The fourth-order valence-corrected chi connectivity index (χ4v) is 5.02. The van der Waals surface area contributed by atoms with Gasteiger partial charge in [-0.05, 0) is 31.6 Å². The summed E-state index contributed by atoms with van der Waals surface area (Å²) < 4.78 is 0. The minimum atomic E-state index is 0.110. The van der Waals surface area contributed by atoms with E-state index in [4.69, 9.17) is 5.73 Å². The summed E-state index contributed by atoms with van der Waals surface area (Å²) in [6, 6.07) is 0. The lowest BCUT2D eigenvalue weighted by Gasteiger charge is -2.38. The smallest absolute Gasteiger partial charge is 0.0182 e. The van der Waals surface area contributed by atoms with Crippen LogP contribution < -0.4 is 5.73 Å². The Balaban J connectivity index is 3.91. The number of rotatable bonds is 23. The molecule has 0 saturated heterocycles. The Morgan fingerprint density at radius 2 is 0.828 bits per heavy atom. The molecule has 0 heterocycles. The van der Waals surface area contributed by atoms with Gasteiger partial charge in [0.05, 0.1) is 0 Å². The first-order valence-corrected chi connectivity index (χ1v) is 13.9. The van der Waals surface area contributed by atoms with Crippen molar-refractivity contribution in [2.45, 2.75) is 174 Å². The SMILES string of the molecule is CCCCCCCCCCCCCCCC(CCC)C(N)(CCCC)CCCC.